The molecule has 3 rings (SSSR count). The average Bonchev–Trinajstić information content (AvgIpc) is 2.75. The molecule has 0 aliphatic carbocycles. The molecule has 0 aromatic heterocycles. The number of rotatable bonds is 1. The summed E-state index contributed by atoms with van der Waals surface area (Å²) in [5.41, 5.74) is 4.38. The van der Waals surface area contributed by atoms with Gasteiger partial charge in [0.2, 0.25) is 0 Å². The summed E-state index contributed by atoms with van der Waals surface area (Å²) in [6.07, 6.45) is 0.655. The maximum absolute atomic E-state index is 11.5. The molecule has 0 saturated carbocycles. The summed E-state index contributed by atoms with van der Waals surface area (Å²) in [4.78, 5) is 11.5. The summed E-state index contributed by atoms with van der Waals surface area (Å²) >= 11 is 0. The Hall–Kier alpha value is -1.81. The van der Waals surface area contributed by atoms with Gasteiger partial charge in [0.05, 0.1) is 18.5 Å². The highest BCUT2D eigenvalue weighted by molar-refractivity contribution is 5.87. The zero-order chi connectivity index (χ0) is 11.8. The number of carbonyl (C=O) groups excluding carboxylic acids is 1. The Morgan fingerprint density at radius 2 is 2.29 bits per heavy atom. The molecule has 2 heterocycles. The van der Waals surface area contributed by atoms with Crippen molar-refractivity contribution in [2.45, 2.75) is 12.5 Å². The van der Waals surface area contributed by atoms with Crippen molar-refractivity contribution in [2.75, 3.05) is 13.7 Å². The van der Waals surface area contributed by atoms with Crippen LogP contribution in [0.1, 0.15) is 12.0 Å². The van der Waals surface area contributed by atoms with Gasteiger partial charge >= 0.3 is 5.97 Å². The van der Waals surface area contributed by atoms with Crippen molar-refractivity contribution >= 4 is 17.2 Å². The van der Waals surface area contributed by atoms with Crippen molar-refractivity contribution in [2.24, 2.45) is 0 Å². The van der Waals surface area contributed by atoms with Crippen LogP contribution < -0.4 is 10.6 Å². The summed E-state index contributed by atoms with van der Waals surface area (Å²) in [6, 6.07) is 7.78. The first-order valence-corrected chi connectivity index (χ1v) is 5.64. The molecule has 1 unspecified atom stereocenters. The van der Waals surface area contributed by atoms with Crippen LogP contribution in [0.3, 0.4) is 0 Å². The van der Waals surface area contributed by atoms with Gasteiger partial charge in [-0.3, -0.25) is 15.4 Å². The number of nitrogens with zero attached hydrogens (tertiary/aromatic N) is 1. The van der Waals surface area contributed by atoms with E-state index < -0.39 is 0 Å². The Morgan fingerprint density at radius 1 is 1.47 bits per heavy atom. The summed E-state index contributed by atoms with van der Waals surface area (Å²) in [5.74, 6) is -0.207. The molecule has 1 atom stereocenters. The van der Waals surface area contributed by atoms with Crippen molar-refractivity contribution in [3.05, 3.63) is 35.5 Å². The lowest BCUT2D eigenvalue weighted by atomic mass is 9.95. The molecule has 1 aromatic carbocycles. The molecule has 2 aliphatic heterocycles. The Kier molecular flexibility index (Phi) is 2.37. The smallest absolute Gasteiger partial charge is 0.323 e. The van der Waals surface area contributed by atoms with E-state index in [0.717, 1.165) is 16.9 Å². The van der Waals surface area contributed by atoms with Crippen molar-refractivity contribution in [1.82, 2.24) is 10.6 Å². The number of methoxy groups -OCH3 is 1. The zero-order valence-corrected chi connectivity index (χ0v) is 9.56. The van der Waals surface area contributed by atoms with Gasteiger partial charge < -0.3 is 4.74 Å². The predicted octanol–water partition coefficient (Wildman–Crippen LogP) is 1.18. The zero-order valence-electron chi connectivity index (χ0n) is 9.56. The molecule has 0 bridgehead atoms. The lowest BCUT2D eigenvalue weighted by Crippen LogP contribution is -2.42. The lowest BCUT2D eigenvalue weighted by Gasteiger charge is -2.22. The van der Waals surface area contributed by atoms with Crippen molar-refractivity contribution in [3.63, 3.8) is 0 Å². The largest absolute Gasteiger partial charge is 0.468 e. The van der Waals surface area contributed by atoms with E-state index in [1.54, 1.807) is 0 Å². The first kappa shape index (κ1) is 10.4. The van der Waals surface area contributed by atoms with Crippen LogP contribution in [0, 0.1) is 0 Å². The van der Waals surface area contributed by atoms with Gasteiger partial charge in [-0.1, -0.05) is 18.2 Å². The third-order valence-corrected chi connectivity index (χ3v) is 3.24. The van der Waals surface area contributed by atoms with Crippen LogP contribution in [0.25, 0.3) is 5.57 Å². The van der Waals surface area contributed by atoms with Gasteiger partial charge in [0.25, 0.3) is 0 Å². The third-order valence-electron chi connectivity index (χ3n) is 3.24. The fraction of sp³-hybridized carbons (Fsp3) is 0.308. The summed E-state index contributed by atoms with van der Waals surface area (Å²) in [5, 5.41) is 7.71. The number of hydrogen-bond donors (Lipinski definition) is 1. The molecule has 4 nitrogen and oxygen atoms in total. The molecule has 2 aliphatic rings. The van der Waals surface area contributed by atoms with E-state index in [2.05, 4.69) is 16.7 Å². The van der Waals surface area contributed by atoms with Crippen LogP contribution in [-0.4, -0.2) is 25.7 Å². The molecule has 1 aromatic rings. The van der Waals surface area contributed by atoms with Crippen LogP contribution in [0.4, 0.5) is 5.69 Å². The quantitative estimate of drug-likeness (QED) is 0.736. The molecule has 0 spiro atoms. The number of fused-ring (bicyclic) bond motifs is 2. The number of para-hydroxylation sites is 1. The fourth-order valence-corrected chi connectivity index (χ4v) is 2.37. The topological polar surface area (TPSA) is 52.4 Å². The molecule has 87 valence electrons. The molecular formula is C13H13N2O2. The highest BCUT2D eigenvalue weighted by Crippen LogP contribution is 2.38. The van der Waals surface area contributed by atoms with Gasteiger partial charge in [0, 0.05) is 18.5 Å². The first-order chi connectivity index (χ1) is 8.29. The van der Waals surface area contributed by atoms with Gasteiger partial charge in [-0.05, 0) is 11.6 Å². The van der Waals surface area contributed by atoms with Gasteiger partial charge in [-0.2, -0.15) is 0 Å². The average molecular weight is 229 g/mol. The van der Waals surface area contributed by atoms with Crippen LogP contribution >= 0.6 is 0 Å². The summed E-state index contributed by atoms with van der Waals surface area (Å²) < 4.78 is 4.77. The van der Waals surface area contributed by atoms with E-state index in [0.29, 0.717) is 13.0 Å². The van der Waals surface area contributed by atoms with Gasteiger partial charge in [0.1, 0.15) is 6.04 Å². The molecule has 0 amide bonds. The third kappa shape index (κ3) is 1.61. The highest BCUT2D eigenvalue weighted by atomic mass is 16.5. The molecule has 1 N–H and O–H groups in total. The van der Waals surface area contributed by atoms with E-state index >= 15 is 0 Å². The molecule has 0 fully saturated rings. The van der Waals surface area contributed by atoms with Gasteiger partial charge in [-0.15, -0.1) is 0 Å². The first-order valence-electron chi connectivity index (χ1n) is 5.64. The van der Waals surface area contributed by atoms with Crippen LogP contribution in [0.15, 0.2) is 30.0 Å². The Labute approximate surface area is 99.7 Å². The molecule has 0 saturated heterocycles. The number of carbonyl (C=O) groups is 1. The SMILES string of the molecule is COC(=O)C1CC2=C(CN1)[N]c1ccccc12. The minimum atomic E-state index is -0.250. The standard InChI is InChI=1S/C13H13N2O2/c1-17-13(16)11-6-9-8-4-2-3-5-10(8)15-12(9)7-14-11/h2-5,11,14H,6-7H2,1H3. The van der Waals surface area contributed by atoms with Gasteiger partial charge in [0.15, 0.2) is 0 Å². The minimum absolute atomic E-state index is 0.207. The van der Waals surface area contributed by atoms with Crippen LogP contribution in [-0.2, 0) is 9.53 Å². The minimum Gasteiger partial charge on any atom is -0.468 e. The number of benzene rings is 1. The van der Waals surface area contributed by atoms with E-state index in [-0.39, 0.29) is 12.0 Å². The molecular weight excluding hydrogens is 216 g/mol. The van der Waals surface area contributed by atoms with Gasteiger partial charge in [-0.25, -0.2) is 0 Å². The predicted molar refractivity (Wildman–Crippen MR) is 63.6 cm³/mol. The second-order valence-electron chi connectivity index (χ2n) is 4.21. The Bertz CT molecular complexity index is 508. The number of ether oxygens (including phenoxy) is 1. The summed E-state index contributed by atoms with van der Waals surface area (Å²) in [6.45, 7) is 0.629. The molecule has 4 heteroatoms. The second kappa shape index (κ2) is 3.89. The Balaban J connectivity index is 1.91. The lowest BCUT2D eigenvalue weighted by molar-refractivity contribution is -0.143. The van der Waals surface area contributed by atoms with E-state index in [1.807, 2.05) is 18.2 Å². The van der Waals surface area contributed by atoms with Crippen LogP contribution in [0.2, 0.25) is 0 Å². The second-order valence-corrected chi connectivity index (χ2v) is 4.21. The summed E-state index contributed by atoms with van der Waals surface area (Å²) in [7, 11) is 1.42. The van der Waals surface area contributed by atoms with Crippen molar-refractivity contribution in [3.8, 4) is 0 Å². The molecule has 17 heavy (non-hydrogen) atoms. The maximum Gasteiger partial charge on any atom is 0.323 e. The monoisotopic (exact) mass is 229 g/mol. The normalized spacial score (nSPS) is 21.6. The fourth-order valence-electron chi connectivity index (χ4n) is 2.37. The van der Waals surface area contributed by atoms with E-state index in [9.17, 15) is 4.79 Å². The number of nitrogens with one attached hydrogen (secondary N) is 1. The number of esters is 1. The highest BCUT2D eigenvalue weighted by Gasteiger charge is 2.32. The number of hydrogen-bond acceptors (Lipinski definition) is 3. The van der Waals surface area contributed by atoms with Crippen molar-refractivity contribution < 1.29 is 9.53 Å². The van der Waals surface area contributed by atoms with E-state index in [1.165, 1.54) is 12.7 Å². The van der Waals surface area contributed by atoms with E-state index in [4.69, 9.17) is 4.74 Å². The van der Waals surface area contributed by atoms with Crippen molar-refractivity contribution in [1.29, 1.82) is 0 Å². The Morgan fingerprint density at radius 3 is 3.12 bits per heavy atom. The maximum atomic E-state index is 11.5. The van der Waals surface area contributed by atoms with Crippen LogP contribution in [0.5, 0.6) is 0 Å². The molecule has 1 radical (unpaired) electrons.